The fourth-order valence-corrected chi connectivity index (χ4v) is 4.94. The molecular formula is C29H38N4+2. The van der Waals surface area contributed by atoms with Gasteiger partial charge in [0.05, 0.1) is 22.1 Å². The first kappa shape index (κ1) is 23.0. The summed E-state index contributed by atoms with van der Waals surface area (Å²) < 4.78 is 4.76. The maximum atomic E-state index is 6.21. The van der Waals surface area contributed by atoms with Crippen LogP contribution < -0.4 is 20.6 Å². The Morgan fingerprint density at radius 2 is 1.15 bits per heavy atom. The molecule has 4 N–H and O–H groups in total. The molecule has 0 amide bonds. The maximum Gasteiger partial charge on any atom is 0.214 e. The molecule has 172 valence electrons. The number of para-hydroxylation sites is 2. The number of aromatic nitrogens is 2. The Labute approximate surface area is 197 Å². The molecule has 0 bridgehead atoms. The molecule has 2 aromatic carbocycles. The van der Waals surface area contributed by atoms with Gasteiger partial charge in [-0.3, -0.25) is 0 Å². The second-order valence-corrected chi connectivity index (χ2v) is 9.22. The van der Waals surface area contributed by atoms with Crippen LogP contribution in [0.3, 0.4) is 0 Å². The van der Waals surface area contributed by atoms with E-state index < -0.39 is 0 Å². The number of hydrogen-bond donors (Lipinski definition) is 2. The molecule has 4 aromatic rings. The number of rotatable bonds is 11. The van der Waals surface area contributed by atoms with Gasteiger partial charge in [-0.25, -0.2) is 0 Å². The zero-order valence-electron chi connectivity index (χ0n) is 20.0. The summed E-state index contributed by atoms with van der Waals surface area (Å²) >= 11 is 0. The van der Waals surface area contributed by atoms with Crippen molar-refractivity contribution in [3.63, 3.8) is 0 Å². The lowest BCUT2D eigenvalue weighted by atomic mass is 10.1. The summed E-state index contributed by atoms with van der Waals surface area (Å²) in [6.07, 6.45) is 12.5. The number of nitrogen functional groups attached to an aromatic ring is 2. The Kier molecular flexibility index (Phi) is 7.77. The standard InChI is InChI=1S/C29H36N4/c1-23-22-27(31)25-15-9-11-17-29(25)33(23)20-13-7-5-3-2-4-6-12-19-32-21-18-26(30)24-14-8-10-16-28(24)32/h8-11,14-18,21-22,30-31H,2-7,12-13,19-20H2,1H3/p+2. The highest BCUT2D eigenvalue weighted by molar-refractivity contribution is 5.88. The Hall–Kier alpha value is -3.14. The summed E-state index contributed by atoms with van der Waals surface area (Å²) in [6, 6.07) is 21.0. The van der Waals surface area contributed by atoms with E-state index in [1.165, 1.54) is 68.1 Å². The summed E-state index contributed by atoms with van der Waals surface area (Å²) in [5.41, 5.74) is 17.8. The van der Waals surface area contributed by atoms with E-state index in [0.717, 1.165) is 35.2 Å². The van der Waals surface area contributed by atoms with Crippen molar-refractivity contribution < 1.29 is 9.13 Å². The average Bonchev–Trinajstić information content (AvgIpc) is 2.83. The molecule has 4 heteroatoms. The van der Waals surface area contributed by atoms with Crippen molar-refractivity contribution in [1.29, 1.82) is 0 Å². The van der Waals surface area contributed by atoms with Gasteiger partial charge in [-0.1, -0.05) is 49.9 Å². The van der Waals surface area contributed by atoms with Gasteiger partial charge in [0.2, 0.25) is 11.0 Å². The van der Waals surface area contributed by atoms with E-state index in [4.69, 9.17) is 11.5 Å². The van der Waals surface area contributed by atoms with Gasteiger partial charge in [-0.05, 0) is 25.0 Å². The molecule has 0 atom stereocenters. The number of hydrogen-bond acceptors (Lipinski definition) is 2. The van der Waals surface area contributed by atoms with Crippen LogP contribution in [0.15, 0.2) is 66.9 Å². The summed E-state index contributed by atoms with van der Waals surface area (Å²) in [5.74, 6) is 0. The lowest BCUT2D eigenvalue weighted by Gasteiger charge is -2.07. The number of nitrogens with two attached hydrogens (primary N) is 2. The molecule has 0 radical (unpaired) electrons. The fourth-order valence-electron chi connectivity index (χ4n) is 4.94. The minimum Gasteiger partial charge on any atom is -0.398 e. The first-order valence-corrected chi connectivity index (χ1v) is 12.5. The zero-order chi connectivity index (χ0) is 23.0. The highest BCUT2D eigenvalue weighted by Gasteiger charge is 2.14. The van der Waals surface area contributed by atoms with Crippen molar-refractivity contribution in [2.75, 3.05) is 11.5 Å². The number of pyridine rings is 2. The van der Waals surface area contributed by atoms with Crippen molar-refractivity contribution in [3.8, 4) is 0 Å². The molecule has 0 saturated carbocycles. The molecule has 33 heavy (non-hydrogen) atoms. The van der Waals surface area contributed by atoms with Crippen LogP contribution in [0.1, 0.15) is 57.1 Å². The van der Waals surface area contributed by atoms with E-state index in [0.29, 0.717) is 0 Å². The quantitative estimate of drug-likeness (QED) is 0.226. The van der Waals surface area contributed by atoms with E-state index in [9.17, 15) is 0 Å². The number of fused-ring (bicyclic) bond motifs is 2. The fraction of sp³-hybridized carbons (Fsp3) is 0.379. The van der Waals surface area contributed by atoms with Crippen molar-refractivity contribution >= 4 is 33.2 Å². The first-order valence-electron chi connectivity index (χ1n) is 12.5. The average molecular weight is 443 g/mol. The molecule has 4 rings (SSSR count). The van der Waals surface area contributed by atoms with Crippen molar-refractivity contribution in [1.82, 2.24) is 0 Å². The van der Waals surface area contributed by atoms with Crippen molar-refractivity contribution in [2.24, 2.45) is 0 Å². The predicted molar refractivity (Wildman–Crippen MR) is 139 cm³/mol. The summed E-state index contributed by atoms with van der Waals surface area (Å²) in [5, 5.41) is 2.31. The number of anilines is 2. The summed E-state index contributed by atoms with van der Waals surface area (Å²) in [7, 11) is 0. The molecule has 0 fully saturated rings. The van der Waals surface area contributed by atoms with Gasteiger partial charge in [-0.15, -0.1) is 0 Å². The van der Waals surface area contributed by atoms with Gasteiger partial charge >= 0.3 is 0 Å². The van der Waals surface area contributed by atoms with Crippen LogP contribution in [0.5, 0.6) is 0 Å². The van der Waals surface area contributed by atoms with Crippen LogP contribution in [0, 0.1) is 6.92 Å². The molecule has 0 aliphatic heterocycles. The Morgan fingerprint density at radius 3 is 1.85 bits per heavy atom. The minimum atomic E-state index is 0.861. The van der Waals surface area contributed by atoms with E-state index >= 15 is 0 Å². The molecule has 2 aromatic heterocycles. The number of benzene rings is 2. The maximum absolute atomic E-state index is 6.21. The van der Waals surface area contributed by atoms with Crippen LogP contribution in [0.25, 0.3) is 21.8 Å². The first-order chi connectivity index (χ1) is 16.1. The van der Waals surface area contributed by atoms with Crippen LogP contribution in [-0.4, -0.2) is 0 Å². The molecular weight excluding hydrogens is 404 g/mol. The molecule has 0 aliphatic rings. The van der Waals surface area contributed by atoms with Gasteiger partial charge in [0.25, 0.3) is 0 Å². The smallest absolute Gasteiger partial charge is 0.214 e. The van der Waals surface area contributed by atoms with Gasteiger partial charge in [0.1, 0.15) is 13.1 Å². The molecule has 0 saturated heterocycles. The van der Waals surface area contributed by atoms with Crippen molar-refractivity contribution in [3.05, 3.63) is 72.6 Å². The minimum absolute atomic E-state index is 0.861. The molecule has 0 spiro atoms. The Bertz CT molecular complexity index is 1220. The van der Waals surface area contributed by atoms with Gasteiger partial charge in [0.15, 0.2) is 11.9 Å². The molecule has 0 unspecified atom stereocenters. The zero-order valence-corrected chi connectivity index (χ0v) is 20.0. The Morgan fingerprint density at radius 1 is 0.606 bits per heavy atom. The summed E-state index contributed by atoms with van der Waals surface area (Å²) in [4.78, 5) is 0. The van der Waals surface area contributed by atoms with Gasteiger partial charge in [0, 0.05) is 44.0 Å². The SMILES string of the molecule is Cc1cc(N)c2ccccc2[n+]1CCCCCCCCCC[n+]1ccc(N)c2ccccc21. The second-order valence-electron chi connectivity index (χ2n) is 9.22. The predicted octanol–water partition coefficient (Wildman–Crippen LogP) is 5.86. The number of nitrogens with zero attached hydrogens (tertiary/aromatic N) is 2. The normalized spacial score (nSPS) is 11.4. The van der Waals surface area contributed by atoms with E-state index in [-0.39, 0.29) is 0 Å². The Balaban J connectivity index is 1.13. The lowest BCUT2D eigenvalue weighted by molar-refractivity contribution is -0.677. The van der Waals surface area contributed by atoms with Crippen LogP contribution >= 0.6 is 0 Å². The third-order valence-corrected chi connectivity index (χ3v) is 6.79. The highest BCUT2D eigenvalue weighted by atomic mass is 15.0. The monoisotopic (exact) mass is 442 g/mol. The lowest BCUT2D eigenvalue weighted by Crippen LogP contribution is -2.38. The summed E-state index contributed by atoms with van der Waals surface area (Å²) in [6.45, 7) is 4.29. The molecule has 0 aliphatic carbocycles. The number of unbranched alkanes of at least 4 members (excludes halogenated alkanes) is 7. The van der Waals surface area contributed by atoms with E-state index in [1.807, 2.05) is 6.07 Å². The second kappa shape index (κ2) is 11.1. The van der Waals surface area contributed by atoms with E-state index in [1.54, 1.807) is 0 Å². The van der Waals surface area contributed by atoms with Crippen molar-refractivity contribution in [2.45, 2.75) is 71.4 Å². The third kappa shape index (κ3) is 5.62. The van der Waals surface area contributed by atoms with Gasteiger partial charge in [-0.2, -0.15) is 9.13 Å². The van der Waals surface area contributed by atoms with Crippen LogP contribution in [0.4, 0.5) is 11.4 Å². The molecule has 2 heterocycles. The van der Waals surface area contributed by atoms with Crippen LogP contribution in [-0.2, 0) is 13.1 Å². The largest absolute Gasteiger partial charge is 0.398 e. The van der Waals surface area contributed by atoms with E-state index in [2.05, 4.69) is 76.9 Å². The third-order valence-electron chi connectivity index (χ3n) is 6.79. The molecule has 4 nitrogen and oxygen atoms in total. The number of aryl methyl sites for hydroxylation is 3. The van der Waals surface area contributed by atoms with Crippen LogP contribution in [0.2, 0.25) is 0 Å². The highest BCUT2D eigenvalue weighted by Crippen LogP contribution is 2.19. The topological polar surface area (TPSA) is 59.8 Å². The van der Waals surface area contributed by atoms with Gasteiger partial charge < -0.3 is 11.5 Å².